The van der Waals surface area contributed by atoms with Crippen LogP contribution in [0, 0.1) is 0 Å². The number of aromatic nitrogens is 4. The van der Waals surface area contributed by atoms with Gasteiger partial charge in [0.15, 0.2) is 0 Å². The Hall–Kier alpha value is -1.20. The summed E-state index contributed by atoms with van der Waals surface area (Å²) in [6, 6.07) is 0. The zero-order chi connectivity index (χ0) is 9.26. The minimum absolute atomic E-state index is 0.526. The molecule has 0 spiro atoms. The van der Waals surface area contributed by atoms with E-state index in [-0.39, 0.29) is 0 Å². The van der Waals surface area contributed by atoms with E-state index < -0.39 is 0 Å². The smallest absolute Gasteiger partial charge is 0.255 e. The Morgan fingerprint density at radius 1 is 1.62 bits per heavy atom. The van der Waals surface area contributed by atoms with Gasteiger partial charge in [0.25, 0.3) is 5.78 Å². The quantitative estimate of drug-likeness (QED) is 0.762. The zero-order valence-corrected chi connectivity index (χ0v) is 7.78. The molecule has 6 heteroatoms. The lowest BCUT2D eigenvalue weighted by atomic mass is 10.5. The van der Waals surface area contributed by atoms with Gasteiger partial charge in [0.05, 0.1) is 11.9 Å². The highest BCUT2D eigenvalue weighted by Crippen LogP contribution is 2.15. The predicted octanol–water partition coefficient (Wildman–Crippen LogP) is 0.497. The Morgan fingerprint density at radius 3 is 3.15 bits per heavy atom. The first-order chi connectivity index (χ1) is 6.33. The maximum Gasteiger partial charge on any atom is 0.255 e. The van der Waals surface area contributed by atoms with Gasteiger partial charge in [-0.3, -0.25) is 4.40 Å². The third-order valence-corrected chi connectivity index (χ3v) is 2.07. The summed E-state index contributed by atoms with van der Waals surface area (Å²) in [5, 5.41) is 11.1. The number of fused-ring (bicyclic) bond motifs is 1. The van der Waals surface area contributed by atoms with Crippen LogP contribution >= 0.6 is 11.6 Å². The third kappa shape index (κ3) is 1.36. The highest BCUT2D eigenvalue weighted by molar-refractivity contribution is 6.30. The minimum Gasteiger partial charge on any atom is -0.314 e. The predicted molar refractivity (Wildman–Crippen MR) is 48.6 cm³/mol. The molecule has 0 saturated carbocycles. The number of halogens is 1. The van der Waals surface area contributed by atoms with Gasteiger partial charge in [-0.05, 0) is 7.05 Å². The molecule has 2 rings (SSSR count). The molecule has 0 amide bonds. The van der Waals surface area contributed by atoms with Crippen molar-refractivity contribution in [1.82, 2.24) is 24.9 Å². The van der Waals surface area contributed by atoms with Gasteiger partial charge in [-0.1, -0.05) is 11.6 Å². The summed E-state index contributed by atoms with van der Waals surface area (Å²) in [7, 11) is 1.84. The van der Waals surface area contributed by atoms with Gasteiger partial charge in [0.2, 0.25) is 0 Å². The topological polar surface area (TPSA) is 55.1 Å². The second kappa shape index (κ2) is 3.27. The van der Waals surface area contributed by atoms with E-state index in [1.807, 2.05) is 7.05 Å². The Labute approximate surface area is 79.8 Å². The molecule has 2 heterocycles. The first-order valence-electron chi connectivity index (χ1n) is 3.81. The molecule has 0 aliphatic carbocycles. The van der Waals surface area contributed by atoms with Gasteiger partial charge < -0.3 is 5.32 Å². The fourth-order valence-corrected chi connectivity index (χ4v) is 1.35. The summed E-state index contributed by atoms with van der Waals surface area (Å²) in [4.78, 5) is 4.20. The number of rotatable bonds is 2. The van der Waals surface area contributed by atoms with Crippen molar-refractivity contribution in [3.05, 3.63) is 23.2 Å². The van der Waals surface area contributed by atoms with E-state index in [1.165, 1.54) is 0 Å². The highest BCUT2D eigenvalue weighted by Gasteiger charge is 2.08. The molecule has 0 aliphatic rings. The summed E-state index contributed by atoms with van der Waals surface area (Å²) in [6.07, 6.45) is 3.31. The molecule has 68 valence electrons. The van der Waals surface area contributed by atoms with Crippen LogP contribution in [0.4, 0.5) is 0 Å². The minimum atomic E-state index is 0.526. The molecule has 0 saturated heterocycles. The third-order valence-electron chi connectivity index (χ3n) is 1.67. The normalized spacial score (nSPS) is 10.9. The maximum atomic E-state index is 6.03. The van der Waals surface area contributed by atoms with Gasteiger partial charge in [0, 0.05) is 12.7 Å². The van der Waals surface area contributed by atoms with E-state index in [0.29, 0.717) is 17.5 Å². The maximum absolute atomic E-state index is 6.03. The average molecular weight is 198 g/mol. The first-order valence-corrected chi connectivity index (χ1v) is 4.19. The lowest BCUT2D eigenvalue weighted by Crippen LogP contribution is -2.05. The molecule has 0 radical (unpaired) electrons. The second-order valence-corrected chi connectivity index (χ2v) is 2.92. The lowest BCUT2D eigenvalue weighted by Gasteiger charge is -1.93. The van der Waals surface area contributed by atoms with Crippen LogP contribution in [0.15, 0.2) is 12.4 Å². The fraction of sp³-hybridized carbons (Fsp3) is 0.286. The number of hydrogen-bond acceptors (Lipinski definition) is 4. The van der Waals surface area contributed by atoms with Gasteiger partial charge in [-0.15, -0.1) is 5.10 Å². The monoisotopic (exact) mass is 197 g/mol. The average Bonchev–Trinajstić information content (AvgIpc) is 2.46. The molecule has 0 bridgehead atoms. The summed E-state index contributed by atoms with van der Waals surface area (Å²) in [5.41, 5.74) is 0.782. The number of imidazole rings is 1. The zero-order valence-electron chi connectivity index (χ0n) is 7.03. The molecule has 13 heavy (non-hydrogen) atoms. The molecule has 0 fully saturated rings. The van der Waals surface area contributed by atoms with E-state index in [1.54, 1.807) is 16.8 Å². The van der Waals surface area contributed by atoms with E-state index in [9.17, 15) is 0 Å². The van der Waals surface area contributed by atoms with Crippen molar-refractivity contribution in [2.45, 2.75) is 6.54 Å². The Balaban J connectivity index is 2.60. The van der Waals surface area contributed by atoms with Crippen molar-refractivity contribution in [3.8, 4) is 0 Å². The van der Waals surface area contributed by atoms with Crippen LogP contribution in [-0.4, -0.2) is 26.6 Å². The Morgan fingerprint density at radius 2 is 2.46 bits per heavy atom. The molecule has 0 atom stereocenters. The number of hydrogen-bond donors (Lipinski definition) is 1. The summed E-state index contributed by atoms with van der Waals surface area (Å²) >= 11 is 6.03. The fourth-order valence-electron chi connectivity index (χ4n) is 1.11. The molecule has 0 unspecified atom stereocenters. The van der Waals surface area contributed by atoms with Crippen LogP contribution in [-0.2, 0) is 6.54 Å². The standard InChI is InChI=1S/C7H8ClN5/c1-9-4-5-6(8)13-3-2-10-12-7(13)11-5/h2-3,9H,4H2,1H3. The molecule has 1 N–H and O–H groups in total. The largest absolute Gasteiger partial charge is 0.314 e. The van der Waals surface area contributed by atoms with Crippen LogP contribution in [0.2, 0.25) is 5.15 Å². The van der Waals surface area contributed by atoms with Gasteiger partial charge >= 0.3 is 0 Å². The van der Waals surface area contributed by atoms with Crippen LogP contribution < -0.4 is 5.32 Å². The summed E-state index contributed by atoms with van der Waals surface area (Å²) in [5.74, 6) is 0.526. The van der Waals surface area contributed by atoms with Crippen LogP contribution in [0.1, 0.15) is 5.69 Å². The van der Waals surface area contributed by atoms with E-state index >= 15 is 0 Å². The summed E-state index contributed by atoms with van der Waals surface area (Å²) in [6.45, 7) is 0.627. The number of nitrogens with zero attached hydrogens (tertiary/aromatic N) is 4. The molecule has 0 aromatic carbocycles. The van der Waals surface area contributed by atoms with Crippen LogP contribution in [0.5, 0.6) is 0 Å². The Bertz CT molecular complexity index is 424. The summed E-state index contributed by atoms with van der Waals surface area (Å²) < 4.78 is 1.70. The molecule has 0 aliphatic heterocycles. The first kappa shape index (κ1) is 8.40. The van der Waals surface area contributed by atoms with E-state index in [0.717, 1.165) is 5.69 Å². The van der Waals surface area contributed by atoms with Gasteiger partial charge in [-0.25, -0.2) is 4.98 Å². The van der Waals surface area contributed by atoms with Crippen LogP contribution in [0.25, 0.3) is 5.78 Å². The molecular formula is C7H8ClN5. The Kier molecular flexibility index (Phi) is 2.12. The van der Waals surface area contributed by atoms with E-state index in [2.05, 4.69) is 20.5 Å². The van der Waals surface area contributed by atoms with E-state index in [4.69, 9.17) is 11.6 Å². The molecule has 2 aromatic heterocycles. The molecule has 2 aromatic rings. The van der Waals surface area contributed by atoms with Crippen molar-refractivity contribution in [2.24, 2.45) is 0 Å². The van der Waals surface area contributed by atoms with Gasteiger partial charge in [-0.2, -0.15) is 5.10 Å². The lowest BCUT2D eigenvalue weighted by molar-refractivity contribution is 0.797. The van der Waals surface area contributed by atoms with Crippen molar-refractivity contribution in [2.75, 3.05) is 7.05 Å². The van der Waals surface area contributed by atoms with Crippen molar-refractivity contribution >= 4 is 17.4 Å². The molecule has 5 nitrogen and oxygen atoms in total. The van der Waals surface area contributed by atoms with Crippen molar-refractivity contribution < 1.29 is 0 Å². The van der Waals surface area contributed by atoms with Gasteiger partial charge in [0.1, 0.15) is 5.15 Å². The molecular weight excluding hydrogens is 190 g/mol. The van der Waals surface area contributed by atoms with Crippen molar-refractivity contribution in [1.29, 1.82) is 0 Å². The van der Waals surface area contributed by atoms with Crippen molar-refractivity contribution in [3.63, 3.8) is 0 Å². The second-order valence-electron chi connectivity index (χ2n) is 2.56. The SMILES string of the molecule is CNCc1nc2nnccn2c1Cl. The number of nitrogens with one attached hydrogen (secondary N) is 1. The van der Waals surface area contributed by atoms with Crippen LogP contribution in [0.3, 0.4) is 0 Å². The highest BCUT2D eigenvalue weighted by atomic mass is 35.5.